The van der Waals surface area contributed by atoms with Crippen LogP contribution in [0.25, 0.3) is 0 Å². The Morgan fingerprint density at radius 3 is 2.26 bits per heavy atom. The predicted molar refractivity (Wildman–Crippen MR) is 73.2 cm³/mol. The fourth-order valence-corrected chi connectivity index (χ4v) is 3.56. The van der Waals surface area contributed by atoms with Crippen molar-refractivity contribution >= 4 is 15.9 Å². The second-order valence-corrected chi connectivity index (χ2v) is 7.42. The summed E-state index contributed by atoms with van der Waals surface area (Å²) in [6, 6.07) is 0. The van der Waals surface area contributed by atoms with Gasteiger partial charge >= 0.3 is 0 Å². The molecule has 0 atom stereocenters. The number of sulfonamides is 1. The Morgan fingerprint density at radius 2 is 1.74 bits per heavy atom. The van der Waals surface area contributed by atoms with E-state index in [1.165, 1.54) is 10.6 Å². The van der Waals surface area contributed by atoms with Crippen molar-refractivity contribution in [3.63, 3.8) is 0 Å². The Kier molecular flexibility index (Phi) is 4.81. The van der Waals surface area contributed by atoms with Crippen molar-refractivity contribution in [3.8, 4) is 0 Å². The minimum atomic E-state index is -3.12. The molecule has 0 aliphatic carbocycles. The van der Waals surface area contributed by atoms with Gasteiger partial charge in [-0.05, 0) is 31.8 Å². The molecule has 0 spiro atoms. The van der Waals surface area contributed by atoms with Gasteiger partial charge in [0.15, 0.2) is 0 Å². The van der Waals surface area contributed by atoms with Crippen molar-refractivity contribution in [3.05, 3.63) is 0 Å². The fourth-order valence-electron chi connectivity index (χ4n) is 2.73. The van der Waals surface area contributed by atoms with Crippen molar-refractivity contribution in [1.82, 2.24) is 14.5 Å². The van der Waals surface area contributed by atoms with Crippen LogP contribution < -0.4 is 5.32 Å². The van der Waals surface area contributed by atoms with E-state index in [0.29, 0.717) is 38.5 Å². The van der Waals surface area contributed by atoms with Crippen LogP contribution in [0.4, 0.5) is 0 Å². The standard InChI is InChI=1S/C12H23N3O3S/c1-19(17,18)15-8-6-14(7-9-15)12(16)10-11-2-4-13-5-3-11/h11,13H,2-10H2,1H3. The number of amides is 1. The van der Waals surface area contributed by atoms with E-state index in [-0.39, 0.29) is 5.91 Å². The molecule has 6 nitrogen and oxygen atoms in total. The molecule has 2 aliphatic rings. The molecular weight excluding hydrogens is 266 g/mol. The van der Waals surface area contributed by atoms with E-state index in [1.54, 1.807) is 0 Å². The molecule has 110 valence electrons. The maximum absolute atomic E-state index is 12.2. The third kappa shape index (κ3) is 4.15. The zero-order valence-electron chi connectivity index (χ0n) is 11.5. The van der Waals surface area contributed by atoms with Crippen molar-refractivity contribution in [2.24, 2.45) is 5.92 Å². The molecule has 2 fully saturated rings. The predicted octanol–water partition coefficient (Wildman–Crippen LogP) is -0.520. The first-order valence-electron chi connectivity index (χ1n) is 6.90. The third-order valence-electron chi connectivity index (χ3n) is 3.98. The first-order chi connectivity index (χ1) is 8.97. The van der Waals surface area contributed by atoms with Gasteiger partial charge in [0.1, 0.15) is 0 Å². The highest BCUT2D eigenvalue weighted by Gasteiger charge is 2.27. The maximum Gasteiger partial charge on any atom is 0.222 e. The van der Waals surface area contributed by atoms with Crippen LogP contribution in [-0.2, 0) is 14.8 Å². The van der Waals surface area contributed by atoms with Crippen LogP contribution in [0.5, 0.6) is 0 Å². The molecule has 0 radical (unpaired) electrons. The zero-order valence-corrected chi connectivity index (χ0v) is 12.3. The summed E-state index contributed by atoms with van der Waals surface area (Å²) < 4.78 is 24.2. The number of piperazine rings is 1. The summed E-state index contributed by atoms with van der Waals surface area (Å²) in [5.41, 5.74) is 0. The number of piperidine rings is 1. The van der Waals surface area contributed by atoms with Gasteiger partial charge in [0, 0.05) is 32.6 Å². The van der Waals surface area contributed by atoms with E-state index in [2.05, 4.69) is 5.32 Å². The Balaban J connectivity index is 1.79. The molecular formula is C12H23N3O3S. The van der Waals surface area contributed by atoms with E-state index >= 15 is 0 Å². The van der Waals surface area contributed by atoms with Gasteiger partial charge < -0.3 is 10.2 Å². The van der Waals surface area contributed by atoms with Gasteiger partial charge in [-0.2, -0.15) is 4.31 Å². The number of rotatable bonds is 3. The van der Waals surface area contributed by atoms with Gasteiger partial charge in [-0.1, -0.05) is 0 Å². The highest BCUT2D eigenvalue weighted by Crippen LogP contribution is 2.18. The molecule has 0 aromatic carbocycles. The van der Waals surface area contributed by atoms with E-state index < -0.39 is 10.0 Å². The molecule has 19 heavy (non-hydrogen) atoms. The lowest BCUT2D eigenvalue weighted by atomic mass is 9.94. The summed E-state index contributed by atoms with van der Waals surface area (Å²) in [5, 5.41) is 3.29. The highest BCUT2D eigenvalue weighted by molar-refractivity contribution is 7.88. The number of carbonyl (C=O) groups is 1. The number of nitrogens with zero attached hydrogens (tertiary/aromatic N) is 2. The first-order valence-corrected chi connectivity index (χ1v) is 8.75. The van der Waals surface area contributed by atoms with Crippen molar-refractivity contribution in [2.45, 2.75) is 19.3 Å². The van der Waals surface area contributed by atoms with Crippen molar-refractivity contribution < 1.29 is 13.2 Å². The van der Waals surface area contributed by atoms with Crippen LogP contribution in [0.1, 0.15) is 19.3 Å². The molecule has 0 saturated carbocycles. The summed E-state index contributed by atoms with van der Waals surface area (Å²) in [7, 11) is -3.12. The zero-order chi connectivity index (χ0) is 13.9. The summed E-state index contributed by atoms with van der Waals surface area (Å²) in [5.74, 6) is 0.668. The minimum Gasteiger partial charge on any atom is -0.340 e. The van der Waals surface area contributed by atoms with Crippen LogP contribution in [0.15, 0.2) is 0 Å². The normalized spacial score (nSPS) is 23.5. The molecule has 0 aromatic heterocycles. The topological polar surface area (TPSA) is 69.7 Å². The van der Waals surface area contributed by atoms with Crippen LogP contribution in [0.3, 0.4) is 0 Å². The lowest BCUT2D eigenvalue weighted by Crippen LogP contribution is -2.50. The van der Waals surface area contributed by atoms with Gasteiger partial charge in [0.05, 0.1) is 6.26 Å². The fraction of sp³-hybridized carbons (Fsp3) is 0.917. The minimum absolute atomic E-state index is 0.181. The van der Waals surface area contributed by atoms with Gasteiger partial charge in [-0.3, -0.25) is 4.79 Å². The van der Waals surface area contributed by atoms with E-state index in [4.69, 9.17) is 0 Å². The van der Waals surface area contributed by atoms with Gasteiger partial charge in [-0.15, -0.1) is 0 Å². The molecule has 7 heteroatoms. The lowest BCUT2D eigenvalue weighted by Gasteiger charge is -2.34. The molecule has 0 unspecified atom stereocenters. The molecule has 1 N–H and O–H groups in total. The maximum atomic E-state index is 12.2. The first kappa shape index (κ1) is 14.7. The van der Waals surface area contributed by atoms with Crippen molar-refractivity contribution in [1.29, 1.82) is 0 Å². The molecule has 2 saturated heterocycles. The quantitative estimate of drug-likeness (QED) is 0.759. The average Bonchev–Trinajstić information content (AvgIpc) is 2.39. The Labute approximate surface area is 115 Å². The highest BCUT2D eigenvalue weighted by atomic mass is 32.2. The Hall–Kier alpha value is -0.660. The van der Waals surface area contributed by atoms with Gasteiger partial charge in [0.2, 0.25) is 15.9 Å². The van der Waals surface area contributed by atoms with E-state index in [1.807, 2.05) is 4.90 Å². The third-order valence-corrected chi connectivity index (χ3v) is 5.29. The summed E-state index contributed by atoms with van der Waals surface area (Å²) >= 11 is 0. The van der Waals surface area contributed by atoms with E-state index in [0.717, 1.165) is 25.9 Å². The molecule has 1 amide bonds. The number of hydrogen-bond acceptors (Lipinski definition) is 4. The van der Waals surface area contributed by atoms with Crippen LogP contribution in [0, 0.1) is 5.92 Å². The monoisotopic (exact) mass is 289 g/mol. The summed E-state index contributed by atoms with van der Waals surface area (Å²) in [4.78, 5) is 14.0. The molecule has 2 rings (SSSR count). The smallest absolute Gasteiger partial charge is 0.222 e. The molecule has 2 heterocycles. The number of hydrogen-bond donors (Lipinski definition) is 1. The van der Waals surface area contributed by atoms with Crippen LogP contribution >= 0.6 is 0 Å². The lowest BCUT2D eigenvalue weighted by molar-refractivity contribution is -0.133. The Morgan fingerprint density at radius 1 is 1.16 bits per heavy atom. The van der Waals surface area contributed by atoms with Gasteiger partial charge in [0.25, 0.3) is 0 Å². The van der Waals surface area contributed by atoms with Crippen LogP contribution in [0.2, 0.25) is 0 Å². The molecule has 0 aromatic rings. The van der Waals surface area contributed by atoms with E-state index in [9.17, 15) is 13.2 Å². The molecule has 0 bridgehead atoms. The largest absolute Gasteiger partial charge is 0.340 e. The second-order valence-electron chi connectivity index (χ2n) is 5.44. The summed E-state index contributed by atoms with van der Waals surface area (Å²) in [6.45, 7) is 3.90. The SMILES string of the molecule is CS(=O)(=O)N1CCN(C(=O)CC2CCNCC2)CC1. The average molecular weight is 289 g/mol. The number of nitrogens with one attached hydrogen (secondary N) is 1. The summed E-state index contributed by atoms with van der Waals surface area (Å²) in [6.07, 6.45) is 3.96. The molecule has 2 aliphatic heterocycles. The Bertz CT molecular complexity index is 410. The second kappa shape index (κ2) is 6.19. The van der Waals surface area contributed by atoms with Crippen molar-refractivity contribution in [2.75, 3.05) is 45.5 Å². The number of carbonyl (C=O) groups excluding carboxylic acids is 1. The van der Waals surface area contributed by atoms with Crippen LogP contribution in [-0.4, -0.2) is 69.1 Å². The van der Waals surface area contributed by atoms with Gasteiger partial charge in [-0.25, -0.2) is 8.42 Å².